The van der Waals surface area contributed by atoms with Crippen LogP contribution in [0.15, 0.2) is 24.3 Å². The minimum Gasteiger partial charge on any atom is -0.491 e. The number of ether oxygens (including phenoxy) is 2. The molecule has 0 aliphatic carbocycles. The van der Waals surface area contributed by atoms with Crippen molar-refractivity contribution in [1.29, 1.82) is 0 Å². The maximum absolute atomic E-state index is 11.3. The van der Waals surface area contributed by atoms with Crippen LogP contribution in [0.5, 0.6) is 5.75 Å². The highest BCUT2D eigenvalue weighted by molar-refractivity contribution is 5.77. The van der Waals surface area contributed by atoms with Crippen LogP contribution in [0.3, 0.4) is 0 Å². The summed E-state index contributed by atoms with van der Waals surface area (Å²) in [6.45, 7) is 1.90. The summed E-state index contributed by atoms with van der Waals surface area (Å²) >= 11 is 0. The molecular formula is C13H20N2O3. The number of benzene rings is 1. The van der Waals surface area contributed by atoms with Crippen molar-refractivity contribution in [3.63, 3.8) is 0 Å². The molecule has 1 amide bonds. The highest BCUT2D eigenvalue weighted by Gasteiger charge is 2.00. The highest BCUT2D eigenvalue weighted by atomic mass is 16.5. The zero-order valence-electron chi connectivity index (χ0n) is 10.9. The van der Waals surface area contributed by atoms with E-state index in [0.717, 1.165) is 11.3 Å². The molecule has 100 valence electrons. The molecular weight excluding hydrogens is 232 g/mol. The van der Waals surface area contributed by atoms with Crippen LogP contribution in [-0.4, -0.2) is 39.8 Å². The fourth-order valence-electron chi connectivity index (χ4n) is 1.41. The van der Waals surface area contributed by atoms with Gasteiger partial charge in [-0.3, -0.25) is 4.79 Å². The van der Waals surface area contributed by atoms with Crippen molar-refractivity contribution in [2.24, 2.45) is 0 Å². The number of likely N-dealkylation sites (N-methyl/N-ethyl adjacent to an activating group) is 1. The highest BCUT2D eigenvalue weighted by Crippen LogP contribution is 2.12. The van der Waals surface area contributed by atoms with E-state index in [4.69, 9.17) is 9.47 Å². The number of hydrogen-bond donors (Lipinski definition) is 2. The molecule has 1 rings (SSSR count). The van der Waals surface area contributed by atoms with Crippen LogP contribution in [0, 0.1) is 0 Å². The lowest BCUT2D eigenvalue weighted by Gasteiger charge is -2.08. The summed E-state index contributed by atoms with van der Waals surface area (Å²) in [6.07, 6.45) is 0. The molecule has 0 aliphatic rings. The van der Waals surface area contributed by atoms with Crippen LogP contribution in [0.1, 0.15) is 5.56 Å². The molecule has 5 heteroatoms. The third-order valence-corrected chi connectivity index (χ3v) is 2.28. The largest absolute Gasteiger partial charge is 0.491 e. The number of carbonyl (C=O) groups is 1. The smallest absolute Gasteiger partial charge is 0.234 e. The van der Waals surface area contributed by atoms with Crippen LogP contribution in [0.4, 0.5) is 0 Å². The number of nitrogens with one attached hydrogen (secondary N) is 2. The summed E-state index contributed by atoms with van der Waals surface area (Å²) in [5.74, 6) is 0.760. The van der Waals surface area contributed by atoms with Gasteiger partial charge in [0.15, 0.2) is 0 Å². The van der Waals surface area contributed by atoms with Gasteiger partial charge in [0.05, 0.1) is 13.2 Å². The molecule has 0 spiro atoms. The van der Waals surface area contributed by atoms with E-state index in [1.54, 1.807) is 14.2 Å². The van der Waals surface area contributed by atoms with Gasteiger partial charge in [0, 0.05) is 13.7 Å². The summed E-state index contributed by atoms with van der Waals surface area (Å²) in [4.78, 5) is 11.3. The number of rotatable bonds is 8. The van der Waals surface area contributed by atoms with Crippen molar-refractivity contribution in [2.75, 3.05) is 33.9 Å². The zero-order chi connectivity index (χ0) is 13.2. The number of amides is 1. The second-order valence-corrected chi connectivity index (χ2v) is 3.80. The van der Waals surface area contributed by atoms with Crippen LogP contribution >= 0.6 is 0 Å². The van der Waals surface area contributed by atoms with Gasteiger partial charge in [0.1, 0.15) is 12.4 Å². The van der Waals surface area contributed by atoms with Gasteiger partial charge in [0.25, 0.3) is 0 Å². The lowest BCUT2D eigenvalue weighted by molar-refractivity contribution is -0.120. The Morgan fingerprint density at radius 1 is 1.33 bits per heavy atom. The summed E-state index contributed by atoms with van der Waals surface area (Å²) in [5, 5.41) is 5.61. The van der Waals surface area contributed by atoms with Gasteiger partial charge in [-0.2, -0.15) is 0 Å². The molecule has 5 nitrogen and oxygen atoms in total. The van der Waals surface area contributed by atoms with Crippen molar-refractivity contribution in [3.05, 3.63) is 29.8 Å². The Morgan fingerprint density at radius 2 is 2.17 bits per heavy atom. The average Bonchev–Trinajstić information content (AvgIpc) is 2.38. The van der Waals surface area contributed by atoms with E-state index < -0.39 is 0 Å². The molecule has 1 aromatic carbocycles. The van der Waals surface area contributed by atoms with Gasteiger partial charge in [-0.25, -0.2) is 0 Å². The number of hydrogen-bond acceptors (Lipinski definition) is 4. The van der Waals surface area contributed by atoms with Gasteiger partial charge in [-0.1, -0.05) is 12.1 Å². The number of carbonyl (C=O) groups excluding carboxylic acids is 1. The van der Waals surface area contributed by atoms with E-state index in [-0.39, 0.29) is 5.91 Å². The molecule has 0 aromatic heterocycles. The van der Waals surface area contributed by atoms with Crippen LogP contribution < -0.4 is 15.4 Å². The summed E-state index contributed by atoms with van der Waals surface area (Å²) < 4.78 is 10.4. The quantitative estimate of drug-likeness (QED) is 0.663. The van der Waals surface area contributed by atoms with Crippen molar-refractivity contribution < 1.29 is 14.3 Å². The topological polar surface area (TPSA) is 59.6 Å². The third-order valence-electron chi connectivity index (χ3n) is 2.28. The first-order valence-corrected chi connectivity index (χ1v) is 5.88. The minimum absolute atomic E-state index is 0.0248. The molecule has 0 heterocycles. The molecule has 0 bridgehead atoms. The maximum Gasteiger partial charge on any atom is 0.234 e. The van der Waals surface area contributed by atoms with E-state index in [0.29, 0.717) is 26.3 Å². The molecule has 0 aliphatic heterocycles. The normalized spacial score (nSPS) is 10.1. The van der Waals surface area contributed by atoms with Gasteiger partial charge < -0.3 is 20.1 Å². The van der Waals surface area contributed by atoms with Crippen LogP contribution in [-0.2, 0) is 16.1 Å². The lowest BCUT2D eigenvalue weighted by Crippen LogP contribution is -2.31. The van der Waals surface area contributed by atoms with E-state index in [1.807, 2.05) is 24.3 Å². The predicted octanol–water partition coefficient (Wildman–Crippen LogP) is 0.547. The first kappa shape index (κ1) is 14.5. The van der Waals surface area contributed by atoms with Gasteiger partial charge >= 0.3 is 0 Å². The van der Waals surface area contributed by atoms with E-state index in [2.05, 4.69) is 10.6 Å². The van der Waals surface area contributed by atoms with E-state index in [9.17, 15) is 4.79 Å². The summed E-state index contributed by atoms with van der Waals surface area (Å²) in [5.41, 5.74) is 1.01. The molecule has 2 N–H and O–H groups in total. The second-order valence-electron chi connectivity index (χ2n) is 3.80. The van der Waals surface area contributed by atoms with Crippen molar-refractivity contribution in [3.8, 4) is 5.75 Å². The fourth-order valence-corrected chi connectivity index (χ4v) is 1.41. The second kappa shape index (κ2) is 8.49. The van der Waals surface area contributed by atoms with Crippen LogP contribution in [0.2, 0.25) is 0 Å². The van der Waals surface area contributed by atoms with Crippen LogP contribution in [0.25, 0.3) is 0 Å². The average molecular weight is 252 g/mol. The Kier molecular flexibility index (Phi) is 6.83. The molecule has 1 aromatic rings. The molecule has 0 saturated heterocycles. The predicted molar refractivity (Wildman–Crippen MR) is 69.6 cm³/mol. The first-order chi connectivity index (χ1) is 8.76. The molecule has 0 radical (unpaired) electrons. The maximum atomic E-state index is 11.3. The molecule has 0 unspecified atom stereocenters. The summed E-state index contributed by atoms with van der Waals surface area (Å²) in [7, 11) is 3.38. The minimum atomic E-state index is -0.0248. The van der Waals surface area contributed by atoms with E-state index >= 15 is 0 Å². The standard InChI is InChI=1S/C13H20N2O3/c1-14-10-13(16)15-9-11-4-3-5-12(8-11)18-7-6-17-2/h3-5,8,14H,6-7,9-10H2,1-2H3,(H,15,16). The first-order valence-electron chi connectivity index (χ1n) is 5.88. The van der Waals surface area contributed by atoms with Crippen molar-refractivity contribution in [1.82, 2.24) is 10.6 Å². The molecule has 0 fully saturated rings. The lowest BCUT2D eigenvalue weighted by atomic mass is 10.2. The van der Waals surface area contributed by atoms with Gasteiger partial charge in [0.2, 0.25) is 5.91 Å². The van der Waals surface area contributed by atoms with E-state index in [1.165, 1.54) is 0 Å². The van der Waals surface area contributed by atoms with Gasteiger partial charge in [-0.05, 0) is 24.7 Å². The zero-order valence-corrected chi connectivity index (χ0v) is 10.9. The van der Waals surface area contributed by atoms with Crippen molar-refractivity contribution in [2.45, 2.75) is 6.54 Å². The monoisotopic (exact) mass is 252 g/mol. The molecule has 0 saturated carbocycles. The summed E-state index contributed by atoms with van der Waals surface area (Å²) in [6, 6.07) is 7.65. The van der Waals surface area contributed by atoms with Crippen molar-refractivity contribution >= 4 is 5.91 Å². The van der Waals surface area contributed by atoms with Gasteiger partial charge in [-0.15, -0.1) is 0 Å². The number of methoxy groups -OCH3 is 1. The Labute approximate surface area is 107 Å². The Morgan fingerprint density at radius 3 is 2.89 bits per heavy atom. The molecule has 18 heavy (non-hydrogen) atoms. The fraction of sp³-hybridized carbons (Fsp3) is 0.462. The Hall–Kier alpha value is -1.59. The molecule has 0 atom stereocenters. The SMILES string of the molecule is CNCC(=O)NCc1cccc(OCCOC)c1. The third kappa shape index (κ3) is 5.65. The Bertz CT molecular complexity index is 369. The Balaban J connectivity index is 2.41.